The lowest BCUT2D eigenvalue weighted by Crippen LogP contribution is -2.39. The number of H-pyrrole nitrogens is 1. The predicted octanol–water partition coefficient (Wildman–Crippen LogP) is 3.79. The van der Waals surface area contributed by atoms with Crippen LogP contribution in [0.25, 0.3) is 11.0 Å². The number of nitrogens with zero attached hydrogens (tertiary/aromatic N) is 2. The number of fused-ring (bicyclic) bond motifs is 1. The summed E-state index contributed by atoms with van der Waals surface area (Å²) in [7, 11) is 0. The Morgan fingerprint density at radius 3 is 3.00 bits per heavy atom. The zero-order valence-corrected chi connectivity index (χ0v) is 14.0. The Morgan fingerprint density at radius 2 is 2.21 bits per heavy atom. The number of rotatable bonds is 2. The van der Waals surface area contributed by atoms with Gasteiger partial charge in [0.25, 0.3) is 5.91 Å². The Labute approximate surface area is 140 Å². The summed E-state index contributed by atoms with van der Waals surface area (Å²) in [5, 5.41) is 0.980. The Kier molecular flexibility index (Phi) is 3.63. The number of piperidine rings is 1. The second-order valence-electron chi connectivity index (χ2n) is 6.65. The Morgan fingerprint density at radius 1 is 1.33 bits per heavy atom. The molecule has 1 N–H and O–H groups in total. The molecule has 0 spiro atoms. The van der Waals surface area contributed by atoms with Crippen molar-refractivity contribution in [3.63, 3.8) is 0 Å². The molecule has 1 aliphatic heterocycles. The van der Waals surface area contributed by atoms with E-state index in [1.807, 2.05) is 49.2 Å². The molecule has 1 fully saturated rings. The van der Waals surface area contributed by atoms with Gasteiger partial charge in [0.2, 0.25) is 0 Å². The van der Waals surface area contributed by atoms with Crippen molar-refractivity contribution in [3.05, 3.63) is 53.3 Å². The summed E-state index contributed by atoms with van der Waals surface area (Å²) in [5.74, 6) is 2.23. The molecule has 0 saturated carbocycles. The summed E-state index contributed by atoms with van der Waals surface area (Å²) in [4.78, 5) is 22.6. The number of nitrogens with one attached hydrogen (secondary N) is 1. The first kappa shape index (κ1) is 15.0. The van der Waals surface area contributed by atoms with Gasteiger partial charge in [-0.05, 0) is 51.0 Å². The minimum absolute atomic E-state index is 0.0868. The third-order valence-corrected chi connectivity index (χ3v) is 4.70. The number of aryl methyl sites for hydroxylation is 2. The number of furan rings is 1. The number of amides is 1. The number of carbonyl (C=O) groups is 1. The maximum absolute atomic E-state index is 12.9. The zero-order chi connectivity index (χ0) is 16.7. The molecular weight excluding hydrogens is 302 g/mol. The first-order chi connectivity index (χ1) is 11.6. The van der Waals surface area contributed by atoms with E-state index in [0.29, 0.717) is 6.54 Å². The van der Waals surface area contributed by atoms with Crippen molar-refractivity contribution in [2.75, 3.05) is 13.1 Å². The van der Waals surface area contributed by atoms with Crippen LogP contribution in [0.1, 0.15) is 46.4 Å². The summed E-state index contributed by atoms with van der Waals surface area (Å²) in [6.07, 6.45) is 3.92. The molecule has 24 heavy (non-hydrogen) atoms. The number of benzene rings is 1. The summed E-state index contributed by atoms with van der Waals surface area (Å²) in [6, 6.07) is 7.63. The average molecular weight is 323 g/mol. The van der Waals surface area contributed by atoms with Gasteiger partial charge in [0.1, 0.15) is 17.2 Å². The van der Waals surface area contributed by atoms with E-state index >= 15 is 0 Å². The number of hydrogen-bond acceptors (Lipinski definition) is 3. The molecule has 1 aromatic carbocycles. The van der Waals surface area contributed by atoms with E-state index in [-0.39, 0.29) is 11.8 Å². The van der Waals surface area contributed by atoms with Gasteiger partial charge in [0.05, 0.1) is 0 Å². The first-order valence-corrected chi connectivity index (χ1v) is 8.41. The third-order valence-electron chi connectivity index (χ3n) is 4.70. The molecule has 3 heterocycles. The summed E-state index contributed by atoms with van der Waals surface area (Å²) in [6.45, 7) is 5.44. The minimum Gasteiger partial charge on any atom is -0.461 e. The lowest BCUT2D eigenvalue weighted by Gasteiger charge is -2.32. The lowest BCUT2D eigenvalue weighted by molar-refractivity contribution is 0.0705. The standard InChI is InChI=1S/C19H21N3O2/c1-12-10-20-18(21-12)15-4-3-7-22(11-15)19(23)14-5-6-17-16(9-14)8-13(2)24-17/h5-6,8-10,15H,3-4,7,11H2,1-2H3,(H,20,21)/t15-/m0/s1. The molecule has 5 heteroatoms. The van der Waals surface area contributed by atoms with Gasteiger partial charge in [-0.15, -0.1) is 0 Å². The van der Waals surface area contributed by atoms with E-state index in [9.17, 15) is 4.79 Å². The number of carbonyl (C=O) groups excluding carboxylic acids is 1. The molecule has 5 nitrogen and oxygen atoms in total. The van der Waals surface area contributed by atoms with Crippen molar-refractivity contribution in [2.45, 2.75) is 32.6 Å². The second kappa shape index (κ2) is 5.82. The van der Waals surface area contributed by atoms with Gasteiger partial charge >= 0.3 is 0 Å². The van der Waals surface area contributed by atoms with Crippen molar-refractivity contribution in [1.82, 2.24) is 14.9 Å². The quantitative estimate of drug-likeness (QED) is 0.780. The van der Waals surface area contributed by atoms with Crippen LogP contribution in [0.15, 0.2) is 34.9 Å². The number of aromatic nitrogens is 2. The summed E-state index contributed by atoms with van der Waals surface area (Å²) < 4.78 is 5.59. The fourth-order valence-electron chi connectivity index (χ4n) is 3.52. The van der Waals surface area contributed by atoms with E-state index < -0.39 is 0 Å². The maximum atomic E-state index is 12.9. The molecule has 1 aliphatic rings. The lowest BCUT2D eigenvalue weighted by atomic mass is 9.96. The Bertz CT molecular complexity index is 893. The molecule has 1 amide bonds. The monoisotopic (exact) mass is 323 g/mol. The highest BCUT2D eigenvalue weighted by molar-refractivity contribution is 5.98. The molecule has 0 radical (unpaired) electrons. The molecule has 4 rings (SSSR count). The summed E-state index contributed by atoms with van der Waals surface area (Å²) >= 11 is 0. The average Bonchev–Trinajstić information content (AvgIpc) is 3.18. The van der Waals surface area contributed by atoms with Gasteiger partial charge in [-0.3, -0.25) is 4.79 Å². The number of imidazole rings is 1. The molecule has 0 aliphatic carbocycles. The maximum Gasteiger partial charge on any atom is 0.253 e. The molecule has 1 atom stereocenters. The van der Waals surface area contributed by atoms with Crippen LogP contribution in [0.2, 0.25) is 0 Å². The largest absolute Gasteiger partial charge is 0.461 e. The molecule has 0 unspecified atom stereocenters. The van der Waals surface area contributed by atoms with Gasteiger partial charge in [0, 0.05) is 41.8 Å². The highest BCUT2D eigenvalue weighted by atomic mass is 16.3. The molecule has 1 saturated heterocycles. The van der Waals surface area contributed by atoms with E-state index in [4.69, 9.17) is 4.42 Å². The number of likely N-dealkylation sites (tertiary alicyclic amines) is 1. The van der Waals surface area contributed by atoms with E-state index in [1.165, 1.54) is 0 Å². The molecule has 2 aromatic heterocycles. The van der Waals surface area contributed by atoms with Gasteiger partial charge in [0.15, 0.2) is 0 Å². The predicted molar refractivity (Wildman–Crippen MR) is 92.2 cm³/mol. The SMILES string of the molecule is Cc1cnc([C@H]2CCCN(C(=O)c3ccc4oc(C)cc4c3)C2)[nH]1. The molecular formula is C19H21N3O2. The summed E-state index contributed by atoms with van der Waals surface area (Å²) in [5.41, 5.74) is 2.61. The topological polar surface area (TPSA) is 62.1 Å². The van der Waals surface area contributed by atoms with E-state index in [0.717, 1.165) is 53.2 Å². The van der Waals surface area contributed by atoms with Crippen LogP contribution in [0.4, 0.5) is 0 Å². The number of aromatic amines is 1. The fourth-order valence-corrected chi connectivity index (χ4v) is 3.52. The van der Waals surface area contributed by atoms with Crippen molar-refractivity contribution in [3.8, 4) is 0 Å². The van der Waals surface area contributed by atoms with Crippen LogP contribution in [0.3, 0.4) is 0 Å². The Balaban J connectivity index is 1.56. The highest BCUT2D eigenvalue weighted by Gasteiger charge is 2.27. The van der Waals surface area contributed by atoms with Crippen molar-refractivity contribution >= 4 is 16.9 Å². The second-order valence-corrected chi connectivity index (χ2v) is 6.65. The smallest absolute Gasteiger partial charge is 0.253 e. The highest BCUT2D eigenvalue weighted by Crippen LogP contribution is 2.27. The van der Waals surface area contributed by atoms with Crippen molar-refractivity contribution in [2.24, 2.45) is 0 Å². The third kappa shape index (κ3) is 2.70. The van der Waals surface area contributed by atoms with Crippen LogP contribution in [-0.2, 0) is 0 Å². The van der Waals surface area contributed by atoms with E-state index in [1.54, 1.807) is 0 Å². The first-order valence-electron chi connectivity index (χ1n) is 8.41. The fraction of sp³-hybridized carbons (Fsp3) is 0.368. The van der Waals surface area contributed by atoms with Gasteiger partial charge in [-0.2, -0.15) is 0 Å². The van der Waals surface area contributed by atoms with Crippen LogP contribution in [0, 0.1) is 13.8 Å². The Hall–Kier alpha value is -2.56. The number of hydrogen-bond donors (Lipinski definition) is 1. The van der Waals surface area contributed by atoms with Gasteiger partial charge in [-0.25, -0.2) is 4.98 Å². The van der Waals surface area contributed by atoms with Crippen LogP contribution < -0.4 is 0 Å². The molecule has 124 valence electrons. The zero-order valence-electron chi connectivity index (χ0n) is 14.0. The van der Waals surface area contributed by atoms with Crippen LogP contribution in [-0.4, -0.2) is 33.9 Å². The van der Waals surface area contributed by atoms with Gasteiger partial charge in [-0.1, -0.05) is 0 Å². The normalized spacial score (nSPS) is 18.2. The van der Waals surface area contributed by atoms with E-state index in [2.05, 4.69) is 9.97 Å². The van der Waals surface area contributed by atoms with Crippen LogP contribution >= 0.6 is 0 Å². The van der Waals surface area contributed by atoms with Crippen molar-refractivity contribution < 1.29 is 9.21 Å². The van der Waals surface area contributed by atoms with Gasteiger partial charge < -0.3 is 14.3 Å². The van der Waals surface area contributed by atoms with Crippen molar-refractivity contribution in [1.29, 1.82) is 0 Å². The minimum atomic E-state index is 0.0868. The molecule has 0 bridgehead atoms. The molecule has 3 aromatic rings. The van der Waals surface area contributed by atoms with Crippen LogP contribution in [0.5, 0.6) is 0 Å².